The van der Waals surface area contributed by atoms with Crippen LogP contribution < -0.4 is 0 Å². The molecule has 19 heavy (non-hydrogen) atoms. The van der Waals surface area contributed by atoms with E-state index in [1.807, 2.05) is 0 Å². The van der Waals surface area contributed by atoms with Gasteiger partial charge in [-0.05, 0) is 0 Å². The van der Waals surface area contributed by atoms with E-state index >= 15 is 0 Å². The van der Waals surface area contributed by atoms with Crippen LogP contribution in [0.2, 0.25) is 13.3 Å². The van der Waals surface area contributed by atoms with Gasteiger partial charge in [-0.2, -0.15) is 0 Å². The van der Waals surface area contributed by atoms with E-state index in [2.05, 4.69) is 27.4 Å². The molecule has 0 saturated heterocycles. The maximum absolute atomic E-state index is 12.0. The van der Waals surface area contributed by atoms with Crippen molar-refractivity contribution in [1.29, 1.82) is 0 Å². The molecule has 1 unspecified atom stereocenters. The van der Waals surface area contributed by atoms with Gasteiger partial charge in [0.1, 0.15) is 0 Å². The molecule has 0 aliphatic rings. The van der Waals surface area contributed by atoms with E-state index in [0.29, 0.717) is 5.75 Å². The molecule has 0 saturated carbocycles. The second kappa shape index (κ2) is 12.4. The van der Waals surface area contributed by atoms with E-state index in [9.17, 15) is 4.21 Å². The first kappa shape index (κ1) is 19.6. The van der Waals surface area contributed by atoms with Crippen molar-refractivity contribution in [1.82, 2.24) is 0 Å². The van der Waals surface area contributed by atoms with Crippen LogP contribution in [0.4, 0.5) is 0 Å². The Morgan fingerprint density at radius 2 is 1.42 bits per heavy atom. The van der Waals surface area contributed by atoms with Crippen molar-refractivity contribution in [2.24, 2.45) is 0 Å². The van der Waals surface area contributed by atoms with Gasteiger partial charge in [0.05, 0.1) is 0 Å². The summed E-state index contributed by atoms with van der Waals surface area (Å²) >= 11 is -3.77. The predicted molar refractivity (Wildman–Crippen MR) is 89.2 cm³/mol. The summed E-state index contributed by atoms with van der Waals surface area (Å²) in [4.78, 5) is 0. The van der Waals surface area contributed by atoms with Gasteiger partial charge in [0.2, 0.25) is 0 Å². The van der Waals surface area contributed by atoms with E-state index in [0.717, 1.165) is 0 Å². The summed E-state index contributed by atoms with van der Waals surface area (Å²) < 4.78 is 21.9. The molecule has 0 spiro atoms. The molecule has 4 heteroatoms. The number of hydrogen-bond acceptors (Lipinski definition) is 2. The summed E-state index contributed by atoms with van der Waals surface area (Å²) in [5, 5.41) is 0. The Morgan fingerprint density at radius 1 is 1.00 bits per heavy atom. The van der Waals surface area contributed by atoms with Crippen LogP contribution in [0.3, 0.4) is 0 Å². The zero-order valence-electron chi connectivity index (χ0n) is 13.1. The molecule has 0 amide bonds. The van der Waals surface area contributed by atoms with Gasteiger partial charge in [0.15, 0.2) is 0 Å². The fraction of sp³-hybridized carbons (Fsp3) is 0.867. The van der Waals surface area contributed by atoms with Crippen molar-refractivity contribution in [3.05, 3.63) is 12.7 Å². The van der Waals surface area contributed by atoms with Crippen LogP contribution in [0.1, 0.15) is 59.3 Å². The molecule has 0 aromatic carbocycles. The van der Waals surface area contributed by atoms with Crippen LogP contribution in [-0.2, 0) is 13.6 Å². The van der Waals surface area contributed by atoms with Crippen molar-refractivity contribution >= 4 is 29.9 Å². The fourth-order valence-electron chi connectivity index (χ4n) is 2.32. The van der Waals surface area contributed by atoms with Gasteiger partial charge in [-0.15, -0.1) is 0 Å². The molecule has 0 aliphatic heterocycles. The van der Waals surface area contributed by atoms with Crippen LogP contribution in [-0.4, -0.2) is 28.8 Å². The van der Waals surface area contributed by atoms with Crippen molar-refractivity contribution in [2.45, 2.75) is 72.6 Å². The Morgan fingerprint density at radius 3 is 1.74 bits per heavy atom. The van der Waals surface area contributed by atoms with E-state index in [1.54, 1.807) is 6.08 Å². The Bertz CT molecular complexity index is 235. The monoisotopic (exact) mass is 396 g/mol. The van der Waals surface area contributed by atoms with Gasteiger partial charge < -0.3 is 0 Å². The standard InChI is InChI=1S/3C4H9.C3H6O2S.Sn/c3*1-3-4-2;1-2-3-6(4)5;/h3*1,3-4H2,2H3;2H,1,3H2,(H,4,5);/q;;;;+1/p-1. The first-order valence-electron chi connectivity index (χ1n) is 7.82. The van der Waals surface area contributed by atoms with Crippen LogP contribution >= 0.6 is 0 Å². The van der Waals surface area contributed by atoms with Gasteiger partial charge in [-0.3, -0.25) is 0 Å². The molecule has 0 rings (SSSR count). The van der Waals surface area contributed by atoms with E-state index in [4.69, 9.17) is 2.52 Å². The Hall–Kier alpha value is 0.649. The van der Waals surface area contributed by atoms with Gasteiger partial charge in [-0.1, -0.05) is 0 Å². The van der Waals surface area contributed by atoms with Crippen LogP contribution in [0.15, 0.2) is 12.7 Å². The average Bonchev–Trinajstić information content (AvgIpc) is 2.40. The van der Waals surface area contributed by atoms with Crippen molar-refractivity contribution in [3.63, 3.8) is 0 Å². The van der Waals surface area contributed by atoms with E-state index in [-0.39, 0.29) is 0 Å². The number of unbranched alkanes of at least 4 members (excludes halogenated alkanes) is 3. The second-order valence-corrected chi connectivity index (χ2v) is 18.9. The quantitative estimate of drug-likeness (QED) is 0.317. The summed E-state index contributed by atoms with van der Waals surface area (Å²) in [5.41, 5.74) is 0. The normalized spacial score (nSPS) is 13.4. The summed E-state index contributed by atoms with van der Waals surface area (Å²) in [6, 6.07) is 0. The molecular formula is C15H32O2SSn. The van der Waals surface area contributed by atoms with Gasteiger partial charge in [-0.25, -0.2) is 0 Å². The molecule has 0 aromatic rings. The number of hydrogen-bond donors (Lipinski definition) is 0. The molecule has 0 bridgehead atoms. The van der Waals surface area contributed by atoms with Crippen molar-refractivity contribution in [2.75, 3.05) is 5.75 Å². The molecule has 1 atom stereocenters. The van der Waals surface area contributed by atoms with Crippen LogP contribution in [0.5, 0.6) is 0 Å². The molecular weight excluding hydrogens is 363 g/mol. The molecule has 0 aromatic heterocycles. The van der Waals surface area contributed by atoms with Crippen LogP contribution in [0, 0.1) is 0 Å². The van der Waals surface area contributed by atoms with Gasteiger partial charge in [0.25, 0.3) is 0 Å². The third-order valence-electron chi connectivity index (χ3n) is 3.48. The summed E-state index contributed by atoms with van der Waals surface area (Å²) in [6.07, 6.45) is 9.10. The summed E-state index contributed by atoms with van der Waals surface area (Å²) in [7, 11) is 0. The SMILES string of the molecule is C=CCS(=O)[O][Sn]([CH2]CCC)([CH2]CCC)[CH2]CCC. The Balaban J connectivity index is 4.74. The van der Waals surface area contributed by atoms with E-state index in [1.165, 1.54) is 51.8 Å². The van der Waals surface area contributed by atoms with Crippen LogP contribution in [0.25, 0.3) is 0 Å². The molecule has 0 fully saturated rings. The topological polar surface area (TPSA) is 26.3 Å². The minimum atomic E-state index is -2.64. The third kappa shape index (κ3) is 9.24. The van der Waals surface area contributed by atoms with Gasteiger partial charge >= 0.3 is 128 Å². The molecule has 114 valence electrons. The molecule has 0 aliphatic carbocycles. The fourth-order valence-corrected chi connectivity index (χ4v) is 20.0. The zero-order chi connectivity index (χ0) is 14.6. The Labute approximate surface area is 127 Å². The second-order valence-electron chi connectivity index (χ2n) is 5.34. The summed E-state index contributed by atoms with van der Waals surface area (Å²) in [6.45, 7) is 10.4. The van der Waals surface area contributed by atoms with Crippen molar-refractivity contribution < 1.29 is 6.73 Å². The van der Waals surface area contributed by atoms with E-state index < -0.39 is 29.9 Å². The summed E-state index contributed by atoms with van der Waals surface area (Å²) in [5.74, 6) is 0.489. The molecule has 0 N–H and O–H groups in total. The molecule has 0 heterocycles. The zero-order valence-corrected chi connectivity index (χ0v) is 16.8. The predicted octanol–water partition coefficient (Wildman–Crippen LogP) is 5.20. The van der Waals surface area contributed by atoms with Crippen molar-refractivity contribution in [3.8, 4) is 0 Å². The number of rotatable bonds is 13. The Kier molecular flexibility index (Phi) is 12.8. The van der Waals surface area contributed by atoms with Gasteiger partial charge in [0, 0.05) is 0 Å². The average molecular weight is 395 g/mol. The third-order valence-corrected chi connectivity index (χ3v) is 20.0. The molecule has 0 radical (unpaired) electrons. The minimum absolute atomic E-state index is 0.489. The molecule has 2 nitrogen and oxygen atoms in total. The first-order valence-corrected chi connectivity index (χ1v) is 16.3. The first-order chi connectivity index (χ1) is 9.14. The maximum atomic E-state index is 12.0.